The van der Waals surface area contributed by atoms with E-state index in [-0.39, 0.29) is 10.7 Å². The van der Waals surface area contributed by atoms with Crippen LogP contribution in [0.25, 0.3) is 32.8 Å². The largest absolute Gasteiger partial charge is 0.417 e. The van der Waals surface area contributed by atoms with Crippen LogP contribution in [0.2, 0.25) is 5.02 Å². The molecule has 0 unspecified atom stereocenters. The summed E-state index contributed by atoms with van der Waals surface area (Å²) in [6, 6.07) is 15.5. The number of aryl methyl sites for hydroxylation is 1. The van der Waals surface area contributed by atoms with Gasteiger partial charge in [-0.05, 0) is 65.4 Å². The van der Waals surface area contributed by atoms with Crippen LogP contribution in [0, 0.1) is 6.92 Å². The van der Waals surface area contributed by atoms with Gasteiger partial charge in [0.15, 0.2) is 0 Å². The van der Waals surface area contributed by atoms with Crippen molar-refractivity contribution in [1.29, 1.82) is 0 Å². The Bertz CT molecular complexity index is 1580. The highest BCUT2D eigenvalue weighted by atomic mass is 35.5. The molecule has 0 saturated carbocycles. The molecule has 9 heteroatoms. The highest BCUT2D eigenvalue weighted by Gasteiger charge is 2.33. The predicted molar refractivity (Wildman–Crippen MR) is 134 cm³/mol. The van der Waals surface area contributed by atoms with E-state index in [1.54, 1.807) is 19.4 Å². The summed E-state index contributed by atoms with van der Waals surface area (Å²) in [6.07, 6.45) is -1.15. The number of rotatable bonds is 4. The summed E-state index contributed by atoms with van der Waals surface area (Å²) in [4.78, 5) is 13.2. The van der Waals surface area contributed by atoms with Crippen LogP contribution in [0.4, 0.5) is 30.6 Å². The summed E-state index contributed by atoms with van der Waals surface area (Å²) < 4.78 is 40.0. The van der Waals surface area contributed by atoms with Crippen molar-refractivity contribution in [3.8, 4) is 11.1 Å². The van der Waals surface area contributed by atoms with Crippen molar-refractivity contribution >= 4 is 50.7 Å². The maximum Gasteiger partial charge on any atom is 0.417 e. The first-order chi connectivity index (χ1) is 16.7. The maximum atomic E-state index is 13.3. The molecule has 0 fully saturated rings. The van der Waals surface area contributed by atoms with Crippen LogP contribution in [0.15, 0.2) is 67.0 Å². The summed E-state index contributed by atoms with van der Waals surface area (Å²) in [7, 11) is 1.77. The Hall–Kier alpha value is -3.91. The minimum atomic E-state index is -4.56. The fourth-order valence-corrected chi connectivity index (χ4v) is 4.34. The monoisotopic (exact) mass is 493 g/mol. The first kappa shape index (κ1) is 22.9. The number of alkyl halides is 3. The summed E-state index contributed by atoms with van der Waals surface area (Å²) in [5, 5.41) is 8.20. The normalized spacial score (nSPS) is 11.7. The molecule has 3 aromatic carbocycles. The molecule has 5 rings (SSSR count). The van der Waals surface area contributed by atoms with Crippen molar-refractivity contribution in [3.05, 3.63) is 83.1 Å². The Kier molecular flexibility index (Phi) is 5.68. The first-order valence-corrected chi connectivity index (χ1v) is 11.1. The standard InChI is InChI=1S/C26H19ClF3N5/c1-14-3-6-19-18(23(14)15-4-8-22-16(11-15)13-33-25(31-2)35-22)9-10-32-24(19)34-17-5-7-21(27)20(12-17)26(28,29)30/h3-13H,1-2H3,(H,32,34)(H,31,33,35). The van der Waals surface area contributed by atoms with E-state index in [9.17, 15) is 13.2 Å². The van der Waals surface area contributed by atoms with Gasteiger partial charge in [0.25, 0.3) is 0 Å². The summed E-state index contributed by atoms with van der Waals surface area (Å²) in [5.74, 6) is 0.992. The third kappa shape index (κ3) is 4.33. The molecule has 2 aromatic heterocycles. The first-order valence-electron chi connectivity index (χ1n) is 10.7. The van der Waals surface area contributed by atoms with Crippen LogP contribution < -0.4 is 10.6 Å². The van der Waals surface area contributed by atoms with E-state index in [2.05, 4.69) is 25.6 Å². The third-order valence-electron chi connectivity index (χ3n) is 5.78. The molecule has 5 nitrogen and oxygen atoms in total. The number of hydrogen-bond donors (Lipinski definition) is 2. The number of aromatic nitrogens is 3. The van der Waals surface area contributed by atoms with Crippen LogP contribution in [-0.4, -0.2) is 22.0 Å². The van der Waals surface area contributed by atoms with Crippen molar-refractivity contribution in [2.75, 3.05) is 17.7 Å². The second-order valence-corrected chi connectivity index (χ2v) is 8.45. The van der Waals surface area contributed by atoms with Gasteiger partial charge in [0.2, 0.25) is 5.95 Å². The van der Waals surface area contributed by atoms with Gasteiger partial charge in [-0.2, -0.15) is 13.2 Å². The lowest BCUT2D eigenvalue weighted by Crippen LogP contribution is -2.06. The molecule has 2 N–H and O–H groups in total. The molecule has 0 aliphatic carbocycles. The number of anilines is 3. The fraction of sp³-hybridized carbons (Fsp3) is 0.115. The zero-order chi connectivity index (χ0) is 24.7. The predicted octanol–water partition coefficient (Wildman–Crippen LogP) is 7.61. The van der Waals surface area contributed by atoms with Gasteiger partial charge in [0, 0.05) is 35.9 Å². The van der Waals surface area contributed by atoms with E-state index < -0.39 is 11.7 Å². The van der Waals surface area contributed by atoms with E-state index >= 15 is 0 Å². The van der Waals surface area contributed by atoms with E-state index in [1.807, 2.05) is 43.3 Å². The number of fused-ring (bicyclic) bond motifs is 2. The Balaban J connectivity index is 1.61. The fourth-order valence-electron chi connectivity index (χ4n) is 4.11. The van der Waals surface area contributed by atoms with Gasteiger partial charge in [-0.3, -0.25) is 0 Å². The molecule has 35 heavy (non-hydrogen) atoms. The average Bonchev–Trinajstić information content (AvgIpc) is 2.84. The molecule has 5 aromatic rings. The topological polar surface area (TPSA) is 62.7 Å². The van der Waals surface area contributed by atoms with Gasteiger partial charge >= 0.3 is 6.18 Å². The maximum absolute atomic E-state index is 13.3. The molecule has 2 heterocycles. The lowest BCUT2D eigenvalue weighted by atomic mass is 9.93. The summed E-state index contributed by atoms with van der Waals surface area (Å²) >= 11 is 5.77. The number of benzene rings is 3. The van der Waals surface area contributed by atoms with Crippen molar-refractivity contribution in [2.24, 2.45) is 0 Å². The molecular formula is C26H19ClF3N5. The second-order valence-electron chi connectivity index (χ2n) is 8.05. The number of pyridine rings is 1. The minimum Gasteiger partial charge on any atom is -0.357 e. The van der Waals surface area contributed by atoms with Crippen LogP contribution in [0.3, 0.4) is 0 Å². The van der Waals surface area contributed by atoms with Gasteiger partial charge in [0.1, 0.15) is 5.82 Å². The minimum absolute atomic E-state index is 0.243. The zero-order valence-electron chi connectivity index (χ0n) is 18.7. The Morgan fingerprint density at radius 2 is 1.74 bits per heavy atom. The Labute approximate surface area is 204 Å². The van der Waals surface area contributed by atoms with Gasteiger partial charge in [-0.25, -0.2) is 15.0 Å². The molecule has 0 bridgehead atoms. The Morgan fingerprint density at radius 1 is 0.914 bits per heavy atom. The van der Waals surface area contributed by atoms with Crippen molar-refractivity contribution in [3.63, 3.8) is 0 Å². The van der Waals surface area contributed by atoms with E-state index in [4.69, 9.17) is 11.6 Å². The molecule has 0 aliphatic heterocycles. The van der Waals surface area contributed by atoms with E-state index in [0.717, 1.165) is 44.4 Å². The van der Waals surface area contributed by atoms with E-state index in [1.165, 1.54) is 12.1 Å². The Morgan fingerprint density at radius 3 is 2.51 bits per heavy atom. The van der Waals surface area contributed by atoms with Crippen molar-refractivity contribution < 1.29 is 13.2 Å². The van der Waals surface area contributed by atoms with Crippen LogP contribution in [0.1, 0.15) is 11.1 Å². The molecule has 0 radical (unpaired) electrons. The molecule has 0 amide bonds. The number of nitrogens with zero attached hydrogens (tertiary/aromatic N) is 3. The third-order valence-corrected chi connectivity index (χ3v) is 6.11. The number of nitrogens with one attached hydrogen (secondary N) is 2. The molecule has 176 valence electrons. The number of halogens is 4. The summed E-state index contributed by atoms with van der Waals surface area (Å²) in [5.41, 5.74) is 3.18. The second kappa shape index (κ2) is 8.70. The van der Waals surface area contributed by atoms with Crippen molar-refractivity contribution in [2.45, 2.75) is 13.1 Å². The lowest BCUT2D eigenvalue weighted by molar-refractivity contribution is -0.137. The smallest absolute Gasteiger partial charge is 0.357 e. The molecule has 0 spiro atoms. The molecular weight excluding hydrogens is 475 g/mol. The highest BCUT2D eigenvalue weighted by Crippen LogP contribution is 2.39. The number of hydrogen-bond acceptors (Lipinski definition) is 5. The van der Waals surface area contributed by atoms with Gasteiger partial charge in [-0.15, -0.1) is 0 Å². The summed E-state index contributed by atoms with van der Waals surface area (Å²) in [6.45, 7) is 2.02. The highest BCUT2D eigenvalue weighted by molar-refractivity contribution is 6.31. The molecule has 0 saturated heterocycles. The lowest BCUT2D eigenvalue weighted by Gasteiger charge is -2.16. The molecule has 0 atom stereocenters. The van der Waals surface area contributed by atoms with Gasteiger partial charge in [0.05, 0.1) is 16.1 Å². The SMILES string of the molecule is CNc1ncc2cc(-c3c(C)ccc4c(Nc5ccc(Cl)c(C(F)(F)F)c5)nccc34)ccc2n1. The van der Waals surface area contributed by atoms with Crippen LogP contribution >= 0.6 is 11.6 Å². The van der Waals surface area contributed by atoms with E-state index in [0.29, 0.717) is 11.8 Å². The molecule has 0 aliphatic rings. The average molecular weight is 494 g/mol. The van der Waals surface area contributed by atoms with Gasteiger partial charge < -0.3 is 10.6 Å². The van der Waals surface area contributed by atoms with Gasteiger partial charge in [-0.1, -0.05) is 29.8 Å². The van der Waals surface area contributed by atoms with Crippen LogP contribution in [0.5, 0.6) is 0 Å². The zero-order valence-corrected chi connectivity index (χ0v) is 19.5. The van der Waals surface area contributed by atoms with Crippen LogP contribution in [-0.2, 0) is 6.18 Å². The van der Waals surface area contributed by atoms with Crippen molar-refractivity contribution in [1.82, 2.24) is 15.0 Å². The quantitative estimate of drug-likeness (QED) is 0.270.